The molecule has 0 aromatic rings. The van der Waals surface area contributed by atoms with Gasteiger partial charge in [-0.05, 0) is 38.6 Å². The second-order valence-corrected chi connectivity index (χ2v) is 5.63. The van der Waals surface area contributed by atoms with E-state index in [9.17, 15) is 4.79 Å². The van der Waals surface area contributed by atoms with E-state index in [1.807, 2.05) is 0 Å². The quantitative estimate of drug-likeness (QED) is 0.783. The maximum atomic E-state index is 11.2. The van der Waals surface area contributed by atoms with Crippen molar-refractivity contribution >= 4 is 5.97 Å². The highest BCUT2D eigenvalue weighted by molar-refractivity contribution is 5.79. The van der Waals surface area contributed by atoms with Crippen molar-refractivity contribution < 1.29 is 9.90 Å². The van der Waals surface area contributed by atoms with Gasteiger partial charge in [-0.1, -0.05) is 19.8 Å². The first-order valence-corrected chi connectivity index (χ1v) is 6.85. The lowest BCUT2D eigenvalue weighted by atomic mass is 9.99. The number of hydrogen-bond acceptors (Lipinski definition) is 3. The molecule has 0 amide bonds. The van der Waals surface area contributed by atoms with E-state index in [2.05, 4.69) is 11.8 Å². The zero-order chi connectivity index (χ0) is 12.5. The molecule has 0 radical (unpaired) electrons. The molecule has 2 aliphatic rings. The van der Waals surface area contributed by atoms with Crippen LogP contribution in [0.5, 0.6) is 0 Å². The zero-order valence-electron chi connectivity index (χ0n) is 10.7. The van der Waals surface area contributed by atoms with Gasteiger partial charge in [-0.3, -0.25) is 9.69 Å². The molecular formula is C13H24N2O2. The summed E-state index contributed by atoms with van der Waals surface area (Å²) in [4.78, 5) is 13.7. The largest absolute Gasteiger partial charge is 0.480 e. The third-order valence-corrected chi connectivity index (χ3v) is 4.58. The molecule has 3 N–H and O–H groups in total. The maximum Gasteiger partial charge on any atom is 0.323 e. The van der Waals surface area contributed by atoms with Gasteiger partial charge < -0.3 is 10.8 Å². The van der Waals surface area contributed by atoms with Crippen LogP contribution >= 0.6 is 0 Å². The van der Waals surface area contributed by atoms with E-state index in [1.54, 1.807) is 0 Å². The number of nitrogens with zero attached hydrogens (tertiary/aromatic N) is 1. The molecule has 17 heavy (non-hydrogen) atoms. The van der Waals surface area contributed by atoms with E-state index in [1.165, 1.54) is 25.7 Å². The molecule has 0 aromatic heterocycles. The first kappa shape index (κ1) is 12.8. The second kappa shape index (κ2) is 4.94. The number of hydrogen-bond donors (Lipinski definition) is 2. The molecule has 2 atom stereocenters. The van der Waals surface area contributed by atoms with Crippen molar-refractivity contribution in [3.63, 3.8) is 0 Å². The summed E-state index contributed by atoms with van der Waals surface area (Å²) in [6.07, 6.45) is 7.36. The summed E-state index contributed by atoms with van der Waals surface area (Å²) >= 11 is 0. The Labute approximate surface area is 103 Å². The molecule has 98 valence electrons. The molecule has 2 aliphatic carbocycles. The Bertz CT molecular complexity index is 289. The highest BCUT2D eigenvalue weighted by atomic mass is 16.4. The topological polar surface area (TPSA) is 66.6 Å². The van der Waals surface area contributed by atoms with Crippen LogP contribution in [0, 0.1) is 0 Å². The van der Waals surface area contributed by atoms with Crippen LogP contribution in [0.25, 0.3) is 0 Å². The Morgan fingerprint density at radius 3 is 2.47 bits per heavy atom. The van der Waals surface area contributed by atoms with E-state index in [0.29, 0.717) is 24.9 Å². The number of carboxylic acids is 1. The molecule has 4 nitrogen and oxygen atoms in total. The Morgan fingerprint density at radius 2 is 2.00 bits per heavy atom. The number of nitrogens with two attached hydrogens (primary N) is 1. The molecule has 2 saturated carbocycles. The first-order valence-electron chi connectivity index (χ1n) is 6.85. The molecule has 0 spiro atoms. The SMILES string of the molecule is CCN(C1CCCC1)C1CCC(N)(C(=O)O)C1. The molecular weight excluding hydrogens is 216 g/mol. The van der Waals surface area contributed by atoms with Crippen LogP contribution in [-0.4, -0.2) is 40.1 Å². The van der Waals surface area contributed by atoms with E-state index in [0.717, 1.165) is 13.0 Å². The van der Waals surface area contributed by atoms with Gasteiger partial charge in [0.2, 0.25) is 0 Å². The lowest BCUT2D eigenvalue weighted by Gasteiger charge is -2.34. The normalized spacial score (nSPS) is 34.6. The average molecular weight is 240 g/mol. The molecule has 0 saturated heterocycles. The summed E-state index contributed by atoms with van der Waals surface area (Å²) in [5.41, 5.74) is 4.98. The van der Waals surface area contributed by atoms with E-state index < -0.39 is 11.5 Å². The van der Waals surface area contributed by atoms with E-state index in [-0.39, 0.29) is 0 Å². The Balaban J connectivity index is 2.00. The Hall–Kier alpha value is -0.610. The number of rotatable bonds is 4. The van der Waals surface area contributed by atoms with Gasteiger partial charge in [-0.2, -0.15) is 0 Å². The van der Waals surface area contributed by atoms with Crippen molar-refractivity contribution in [3.8, 4) is 0 Å². The molecule has 2 fully saturated rings. The third kappa shape index (κ3) is 2.47. The maximum absolute atomic E-state index is 11.2. The molecule has 0 aromatic carbocycles. The summed E-state index contributed by atoms with van der Waals surface area (Å²) in [6, 6.07) is 1.05. The van der Waals surface area contributed by atoms with Crippen LogP contribution in [0.15, 0.2) is 0 Å². The van der Waals surface area contributed by atoms with Crippen LogP contribution in [0.1, 0.15) is 51.9 Å². The van der Waals surface area contributed by atoms with Crippen molar-refractivity contribution in [2.24, 2.45) is 5.73 Å². The Morgan fingerprint density at radius 1 is 1.35 bits per heavy atom. The molecule has 2 unspecified atom stereocenters. The van der Waals surface area contributed by atoms with Crippen molar-refractivity contribution in [2.75, 3.05) is 6.54 Å². The fraction of sp³-hybridized carbons (Fsp3) is 0.923. The van der Waals surface area contributed by atoms with Gasteiger partial charge in [0.15, 0.2) is 0 Å². The summed E-state index contributed by atoms with van der Waals surface area (Å²) in [5.74, 6) is -0.831. The summed E-state index contributed by atoms with van der Waals surface area (Å²) in [7, 11) is 0. The first-order chi connectivity index (χ1) is 8.07. The van der Waals surface area contributed by atoms with Crippen LogP contribution in [0.3, 0.4) is 0 Å². The van der Waals surface area contributed by atoms with Gasteiger partial charge in [0.1, 0.15) is 5.54 Å². The summed E-state index contributed by atoms with van der Waals surface area (Å²) < 4.78 is 0. The van der Waals surface area contributed by atoms with Crippen molar-refractivity contribution in [1.29, 1.82) is 0 Å². The minimum atomic E-state index is -0.976. The summed E-state index contributed by atoms with van der Waals surface area (Å²) in [6.45, 7) is 3.20. The lowest BCUT2D eigenvalue weighted by Crippen LogP contribution is -2.48. The van der Waals surface area contributed by atoms with Gasteiger partial charge >= 0.3 is 5.97 Å². The van der Waals surface area contributed by atoms with Crippen LogP contribution < -0.4 is 5.73 Å². The zero-order valence-corrected chi connectivity index (χ0v) is 10.7. The average Bonchev–Trinajstić information content (AvgIpc) is 2.91. The fourth-order valence-corrected chi connectivity index (χ4v) is 3.58. The van der Waals surface area contributed by atoms with Crippen molar-refractivity contribution in [3.05, 3.63) is 0 Å². The van der Waals surface area contributed by atoms with Crippen LogP contribution in [-0.2, 0) is 4.79 Å². The van der Waals surface area contributed by atoms with E-state index >= 15 is 0 Å². The molecule has 2 rings (SSSR count). The minimum Gasteiger partial charge on any atom is -0.480 e. The van der Waals surface area contributed by atoms with Gasteiger partial charge in [-0.15, -0.1) is 0 Å². The fourth-order valence-electron chi connectivity index (χ4n) is 3.58. The predicted octanol–water partition coefficient (Wildman–Crippen LogP) is 1.59. The van der Waals surface area contributed by atoms with Gasteiger partial charge in [-0.25, -0.2) is 0 Å². The highest BCUT2D eigenvalue weighted by Gasteiger charge is 2.44. The molecule has 0 heterocycles. The molecule has 4 heteroatoms. The van der Waals surface area contributed by atoms with Crippen LogP contribution in [0.4, 0.5) is 0 Å². The number of carbonyl (C=O) groups is 1. The van der Waals surface area contributed by atoms with Crippen molar-refractivity contribution in [1.82, 2.24) is 4.90 Å². The number of carboxylic acid groups (broad SMARTS) is 1. The molecule has 0 aliphatic heterocycles. The van der Waals surface area contributed by atoms with Gasteiger partial charge in [0, 0.05) is 12.1 Å². The van der Waals surface area contributed by atoms with Gasteiger partial charge in [0.25, 0.3) is 0 Å². The minimum absolute atomic E-state index is 0.379. The van der Waals surface area contributed by atoms with Gasteiger partial charge in [0.05, 0.1) is 0 Å². The summed E-state index contributed by atoms with van der Waals surface area (Å²) in [5, 5.41) is 9.17. The standard InChI is InChI=1S/C13H24N2O2/c1-2-15(10-5-3-4-6-10)11-7-8-13(14,9-11)12(16)17/h10-11H,2-9,14H2,1H3,(H,16,17). The van der Waals surface area contributed by atoms with E-state index in [4.69, 9.17) is 10.8 Å². The smallest absolute Gasteiger partial charge is 0.323 e. The molecule has 0 bridgehead atoms. The third-order valence-electron chi connectivity index (χ3n) is 4.58. The highest BCUT2D eigenvalue weighted by Crippen LogP contribution is 2.35. The van der Waals surface area contributed by atoms with Crippen molar-refractivity contribution in [2.45, 2.75) is 69.5 Å². The second-order valence-electron chi connectivity index (χ2n) is 5.63. The van der Waals surface area contributed by atoms with Crippen LogP contribution in [0.2, 0.25) is 0 Å². The monoisotopic (exact) mass is 240 g/mol. The Kier molecular flexibility index (Phi) is 3.73. The predicted molar refractivity (Wildman–Crippen MR) is 66.8 cm³/mol. The lowest BCUT2D eigenvalue weighted by molar-refractivity contribution is -0.143. The number of aliphatic carboxylic acids is 1.